The van der Waals surface area contributed by atoms with Crippen LogP contribution in [0.5, 0.6) is 0 Å². The predicted molar refractivity (Wildman–Crippen MR) is 46.7 cm³/mol. The van der Waals surface area contributed by atoms with Crippen LogP contribution in [0.4, 0.5) is 0 Å². The minimum absolute atomic E-state index is 0.0114. The van der Waals surface area contributed by atoms with Gasteiger partial charge in [-0.15, -0.1) is 0 Å². The Balaban J connectivity index is 2.82. The highest BCUT2D eigenvalue weighted by Gasteiger charge is 2.27. The quantitative estimate of drug-likeness (QED) is 0.598. The zero-order valence-corrected chi connectivity index (χ0v) is 7.54. The molecule has 0 aromatic rings. The summed E-state index contributed by atoms with van der Waals surface area (Å²) in [6.45, 7) is 3.85. The molecule has 0 saturated carbocycles. The van der Waals surface area contributed by atoms with Gasteiger partial charge in [0.15, 0.2) is 0 Å². The number of rotatable bonds is 3. The Labute approximate surface area is 72.7 Å². The lowest BCUT2D eigenvalue weighted by molar-refractivity contribution is -0.111. The van der Waals surface area contributed by atoms with Crippen LogP contribution in [-0.4, -0.2) is 12.6 Å². The Morgan fingerprint density at radius 2 is 2.17 bits per heavy atom. The van der Waals surface area contributed by atoms with Crippen molar-refractivity contribution in [1.82, 2.24) is 0 Å². The molecule has 0 radical (unpaired) electrons. The van der Waals surface area contributed by atoms with E-state index in [0.717, 1.165) is 36.6 Å². The monoisotopic (exact) mass is 166 g/mol. The molecule has 1 unspecified atom stereocenters. The van der Waals surface area contributed by atoms with Gasteiger partial charge in [-0.1, -0.05) is 12.5 Å². The molecule has 0 amide bonds. The Kier molecular flexibility index (Phi) is 2.79. The number of carbonyl (C=O) groups excluding carboxylic acids is 2. The van der Waals surface area contributed by atoms with Crippen LogP contribution in [0.1, 0.15) is 26.7 Å². The molecule has 12 heavy (non-hydrogen) atoms. The molecular weight excluding hydrogens is 152 g/mol. The molecule has 66 valence electrons. The van der Waals surface area contributed by atoms with E-state index in [0.29, 0.717) is 0 Å². The second-order valence-electron chi connectivity index (χ2n) is 3.49. The van der Waals surface area contributed by atoms with Gasteiger partial charge in [-0.25, -0.2) is 0 Å². The molecule has 0 aromatic heterocycles. The molecule has 0 fully saturated rings. The average molecular weight is 166 g/mol. The van der Waals surface area contributed by atoms with Crippen molar-refractivity contribution in [2.45, 2.75) is 26.7 Å². The van der Waals surface area contributed by atoms with Crippen molar-refractivity contribution in [3.63, 3.8) is 0 Å². The van der Waals surface area contributed by atoms with Crippen molar-refractivity contribution in [3.05, 3.63) is 11.1 Å². The second kappa shape index (κ2) is 3.65. The van der Waals surface area contributed by atoms with E-state index in [1.165, 1.54) is 0 Å². The molecule has 1 aliphatic carbocycles. The maximum absolute atomic E-state index is 10.7. The second-order valence-corrected chi connectivity index (χ2v) is 3.49. The molecule has 0 N–H and O–H groups in total. The molecule has 0 saturated heterocycles. The fourth-order valence-electron chi connectivity index (χ4n) is 1.82. The number of allylic oxidation sites excluding steroid dienone is 2. The van der Waals surface area contributed by atoms with Crippen LogP contribution < -0.4 is 0 Å². The van der Waals surface area contributed by atoms with Crippen LogP contribution in [0.2, 0.25) is 0 Å². The minimum Gasteiger partial charge on any atom is -0.303 e. The van der Waals surface area contributed by atoms with Gasteiger partial charge in [0, 0.05) is 5.92 Å². The van der Waals surface area contributed by atoms with Crippen LogP contribution >= 0.6 is 0 Å². The first-order valence-corrected chi connectivity index (χ1v) is 4.30. The SMILES string of the molecule is CC1=C(C=O)[C@H](C(C)C=O)CC1. The Morgan fingerprint density at radius 1 is 1.50 bits per heavy atom. The van der Waals surface area contributed by atoms with Crippen molar-refractivity contribution in [2.75, 3.05) is 0 Å². The highest BCUT2D eigenvalue weighted by atomic mass is 16.1. The van der Waals surface area contributed by atoms with Crippen molar-refractivity contribution in [1.29, 1.82) is 0 Å². The van der Waals surface area contributed by atoms with Gasteiger partial charge in [-0.2, -0.15) is 0 Å². The van der Waals surface area contributed by atoms with Crippen LogP contribution in [-0.2, 0) is 9.59 Å². The minimum atomic E-state index is -0.0114. The van der Waals surface area contributed by atoms with Gasteiger partial charge < -0.3 is 4.79 Å². The maximum Gasteiger partial charge on any atom is 0.146 e. The lowest BCUT2D eigenvalue weighted by atomic mass is 9.89. The molecule has 0 heterocycles. The van der Waals surface area contributed by atoms with Crippen molar-refractivity contribution < 1.29 is 9.59 Å². The molecule has 0 bridgehead atoms. The number of hydrogen-bond acceptors (Lipinski definition) is 2. The lowest BCUT2D eigenvalue weighted by Gasteiger charge is -2.13. The summed E-state index contributed by atoms with van der Waals surface area (Å²) in [6.07, 6.45) is 3.77. The Hall–Kier alpha value is -0.920. The van der Waals surface area contributed by atoms with Crippen molar-refractivity contribution >= 4 is 12.6 Å². The third kappa shape index (κ3) is 1.47. The molecule has 0 aromatic carbocycles. The van der Waals surface area contributed by atoms with Crippen LogP contribution in [0, 0.1) is 11.8 Å². The van der Waals surface area contributed by atoms with E-state index in [-0.39, 0.29) is 11.8 Å². The molecular formula is C10H14O2. The zero-order valence-electron chi connectivity index (χ0n) is 7.54. The molecule has 2 atom stereocenters. The van der Waals surface area contributed by atoms with E-state index in [1.807, 2.05) is 13.8 Å². The summed E-state index contributed by atoms with van der Waals surface area (Å²) >= 11 is 0. The topological polar surface area (TPSA) is 34.1 Å². The van der Waals surface area contributed by atoms with Gasteiger partial charge in [-0.05, 0) is 31.3 Å². The average Bonchev–Trinajstić information content (AvgIpc) is 2.45. The summed E-state index contributed by atoms with van der Waals surface area (Å²) in [6, 6.07) is 0. The number of carbonyl (C=O) groups is 2. The van der Waals surface area contributed by atoms with Crippen LogP contribution in [0.15, 0.2) is 11.1 Å². The summed E-state index contributed by atoms with van der Waals surface area (Å²) < 4.78 is 0. The zero-order chi connectivity index (χ0) is 9.14. The summed E-state index contributed by atoms with van der Waals surface area (Å²) in [7, 11) is 0. The van der Waals surface area contributed by atoms with E-state index < -0.39 is 0 Å². The first-order chi connectivity index (χ1) is 5.70. The van der Waals surface area contributed by atoms with E-state index in [2.05, 4.69) is 0 Å². The van der Waals surface area contributed by atoms with Gasteiger partial charge in [0.25, 0.3) is 0 Å². The third-order valence-corrected chi connectivity index (χ3v) is 2.70. The molecule has 0 spiro atoms. The normalized spacial score (nSPS) is 25.7. The van der Waals surface area contributed by atoms with E-state index in [9.17, 15) is 9.59 Å². The van der Waals surface area contributed by atoms with E-state index in [4.69, 9.17) is 0 Å². The summed E-state index contributed by atoms with van der Waals surface area (Å²) in [5.41, 5.74) is 2.01. The Morgan fingerprint density at radius 3 is 2.67 bits per heavy atom. The van der Waals surface area contributed by atoms with Crippen molar-refractivity contribution in [2.24, 2.45) is 11.8 Å². The van der Waals surface area contributed by atoms with Gasteiger partial charge in [-0.3, -0.25) is 4.79 Å². The predicted octanol–water partition coefficient (Wildman–Crippen LogP) is 1.75. The fraction of sp³-hybridized carbons (Fsp3) is 0.600. The van der Waals surface area contributed by atoms with Crippen LogP contribution in [0.3, 0.4) is 0 Å². The van der Waals surface area contributed by atoms with Crippen molar-refractivity contribution in [3.8, 4) is 0 Å². The van der Waals surface area contributed by atoms with Crippen LogP contribution in [0.25, 0.3) is 0 Å². The number of hydrogen-bond donors (Lipinski definition) is 0. The largest absolute Gasteiger partial charge is 0.303 e. The highest BCUT2D eigenvalue weighted by molar-refractivity contribution is 5.77. The first-order valence-electron chi connectivity index (χ1n) is 4.30. The first kappa shape index (κ1) is 9.17. The molecule has 1 aliphatic rings. The maximum atomic E-state index is 10.7. The van der Waals surface area contributed by atoms with Gasteiger partial charge in [0.1, 0.15) is 12.6 Å². The lowest BCUT2D eigenvalue weighted by Crippen LogP contribution is -2.13. The Bertz CT molecular complexity index is 228. The molecule has 2 heteroatoms. The fourth-order valence-corrected chi connectivity index (χ4v) is 1.82. The number of aldehydes is 2. The van der Waals surface area contributed by atoms with E-state index >= 15 is 0 Å². The summed E-state index contributed by atoms with van der Waals surface area (Å²) in [5.74, 6) is 0.169. The molecule has 1 rings (SSSR count). The highest BCUT2D eigenvalue weighted by Crippen LogP contribution is 2.34. The van der Waals surface area contributed by atoms with E-state index in [1.54, 1.807) is 0 Å². The molecule has 0 aliphatic heterocycles. The summed E-state index contributed by atoms with van der Waals surface area (Å²) in [5, 5.41) is 0. The van der Waals surface area contributed by atoms with Gasteiger partial charge >= 0.3 is 0 Å². The smallest absolute Gasteiger partial charge is 0.146 e. The van der Waals surface area contributed by atoms with Gasteiger partial charge in [0.2, 0.25) is 0 Å². The summed E-state index contributed by atoms with van der Waals surface area (Å²) in [4.78, 5) is 21.2. The third-order valence-electron chi connectivity index (χ3n) is 2.70. The molecule has 2 nitrogen and oxygen atoms in total. The standard InChI is InChI=1S/C10H14O2/c1-7-3-4-9(8(2)5-11)10(7)6-12/h5-6,8-9H,3-4H2,1-2H3/t8?,9-/m0/s1. The van der Waals surface area contributed by atoms with Gasteiger partial charge in [0.05, 0.1) is 0 Å².